The van der Waals surface area contributed by atoms with Crippen molar-refractivity contribution in [1.82, 2.24) is 4.90 Å². The van der Waals surface area contributed by atoms with Crippen molar-refractivity contribution in [2.45, 2.75) is 12.5 Å². The van der Waals surface area contributed by atoms with Crippen molar-refractivity contribution in [1.29, 1.82) is 0 Å². The van der Waals surface area contributed by atoms with Gasteiger partial charge >= 0.3 is 0 Å². The lowest BCUT2D eigenvalue weighted by Crippen LogP contribution is -2.38. The standard InChI is InChI=1S/C11H21NOS2/c1-12(6-10-2-3-13-7-10)11-8-14-4-5-15-9-11/h10-11H,2-9H2,1H3/t10-/m1/s1. The Labute approximate surface area is 101 Å². The van der Waals surface area contributed by atoms with E-state index in [1.165, 1.54) is 36.0 Å². The Morgan fingerprint density at radius 3 is 2.60 bits per heavy atom. The minimum absolute atomic E-state index is 0.781. The Morgan fingerprint density at radius 2 is 2.00 bits per heavy atom. The molecule has 2 fully saturated rings. The van der Waals surface area contributed by atoms with Gasteiger partial charge < -0.3 is 9.64 Å². The first-order chi connectivity index (χ1) is 7.36. The van der Waals surface area contributed by atoms with Crippen LogP contribution in [0.15, 0.2) is 0 Å². The summed E-state index contributed by atoms with van der Waals surface area (Å²) in [6.07, 6.45) is 1.26. The first-order valence-electron chi connectivity index (χ1n) is 5.79. The van der Waals surface area contributed by atoms with Crippen molar-refractivity contribution in [2.75, 3.05) is 49.8 Å². The molecule has 0 spiro atoms. The zero-order chi connectivity index (χ0) is 10.5. The molecule has 2 nitrogen and oxygen atoms in total. The highest BCUT2D eigenvalue weighted by atomic mass is 32.2. The molecule has 2 rings (SSSR count). The lowest BCUT2D eigenvalue weighted by molar-refractivity contribution is 0.168. The van der Waals surface area contributed by atoms with Gasteiger partial charge in [-0.2, -0.15) is 23.5 Å². The van der Waals surface area contributed by atoms with Crippen molar-refractivity contribution < 1.29 is 4.74 Å². The van der Waals surface area contributed by atoms with Crippen LogP contribution in [0.4, 0.5) is 0 Å². The zero-order valence-corrected chi connectivity index (χ0v) is 11.1. The summed E-state index contributed by atoms with van der Waals surface area (Å²) < 4.78 is 5.43. The van der Waals surface area contributed by atoms with Crippen LogP contribution in [0.25, 0.3) is 0 Å². The first kappa shape index (κ1) is 12.1. The molecular formula is C11H21NOS2. The monoisotopic (exact) mass is 247 g/mol. The van der Waals surface area contributed by atoms with Crippen molar-refractivity contribution in [3.63, 3.8) is 0 Å². The van der Waals surface area contributed by atoms with E-state index in [1.807, 2.05) is 0 Å². The molecule has 0 aromatic rings. The highest BCUT2D eigenvalue weighted by Gasteiger charge is 2.22. The maximum Gasteiger partial charge on any atom is 0.0507 e. The Bertz CT molecular complexity index is 177. The van der Waals surface area contributed by atoms with Crippen LogP contribution in [0.5, 0.6) is 0 Å². The molecular weight excluding hydrogens is 226 g/mol. The van der Waals surface area contributed by atoms with Crippen molar-refractivity contribution >= 4 is 23.5 Å². The van der Waals surface area contributed by atoms with Gasteiger partial charge in [-0.15, -0.1) is 0 Å². The molecule has 0 aromatic heterocycles. The van der Waals surface area contributed by atoms with E-state index in [9.17, 15) is 0 Å². The summed E-state index contributed by atoms with van der Waals surface area (Å²) in [4.78, 5) is 2.56. The molecule has 0 aromatic carbocycles. The minimum Gasteiger partial charge on any atom is -0.381 e. The van der Waals surface area contributed by atoms with Gasteiger partial charge in [-0.3, -0.25) is 0 Å². The molecule has 15 heavy (non-hydrogen) atoms. The Balaban J connectivity index is 1.74. The summed E-state index contributed by atoms with van der Waals surface area (Å²) in [6, 6.07) is 0.781. The zero-order valence-electron chi connectivity index (χ0n) is 9.48. The number of ether oxygens (including phenoxy) is 1. The third-order valence-electron chi connectivity index (χ3n) is 3.19. The average Bonchev–Trinajstić information content (AvgIpc) is 2.58. The van der Waals surface area contributed by atoms with Crippen LogP contribution in [0.2, 0.25) is 0 Å². The molecule has 0 aliphatic carbocycles. The number of hydrogen-bond donors (Lipinski definition) is 0. The second-order valence-electron chi connectivity index (χ2n) is 4.47. The first-order valence-corrected chi connectivity index (χ1v) is 8.10. The smallest absolute Gasteiger partial charge is 0.0507 e. The Morgan fingerprint density at radius 1 is 1.27 bits per heavy atom. The molecule has 0 radical (unpaired) electrons. The molecule has 2 aliphatic heterocycles. The van der Waals surface area contributed by atoms with Crippen LogP contribution >= 0.6 is 23.5 Å². The third kappa shape index (κ3) is 3.84. The maximum absolute atomic E-state index is 5.43. The van der Waals surface area contributed by atoms with E-state index in [2.05, 4.69) is 35.5 Å². The van der Waals surface area contributed by atoms with Crippen molar-refractivity contribution in [3.05, 3.63) is 0 Å². The summed E-state index contributed by atoms with van der Waals surface area (Å²) in [6.45, 7) is 3.19. The summed E-state index contributed by atoms with van der Waals surface area (Å²) in [5, 5.41) is 0. The van der Waals surface area contributed by atoms with Gasteiger partial charge in [0.2, 0.25) is 0 Å². The van der Waals surface area contributed by atoms with Crippen LogP contribution < -0.4 is 0 Å². The molecule has 0 bridgehead atoms. The summed E-state index contributed by atoms with van der Waals surface area (Å²) >= 11 is 4.23. The molecule has 2 saturated heterocycles. The van der Waals surface area contributed by atoms with E-state index >= 15 is 0 Å². The van der Waals surface area contributed by atoms with Crippen LogP contribution in [-0.2, 0) is 4.74 Å². The highest BCUT2D eigenvalue weighted by molar-refractivity contribution is 8.03. The quantitative estimate of drug-likeness (QED) is 0.753. The van der Waals surface area contributed by atoms with Gasteiger partial charge in [-0.05, 0) is 19.4 Å². The molecule has 0 amide bonds. The van der Waals surface area contributed by atoms with E-state index in [0.717, 1.165) is 25.2 Å². The predicted molar refractivity (Wildman–Crippen MR) is 70.0 cm³/mol. The van der Waals surface area contributed by atoms with E-state index in [0.29, 0.717) is 0 Å². The van der Waals surface area contributed by atoms with E-state index in [4.69, 9.17) is 4.74 Å². The van der Waals surface area contributed by atoms with Gasteiger partial charge in [-0.1, -0.05) is 0 Å². The van der Waals surface area contributed by atoms with Gasteiger partial charge in [0.25, 0.3) is 0 Å². The number of thioether (sulfide) groups is 2. The van der Waals surface area contributed by atoms with Crippen LogP contribution in [0.3, 0.4) is 0 Å². The molecule has 0 saturated carbocycles. The lowest BCUT2D eigenvalue weighted by Gasteiger charge is -2.28. The largest absolute Gasteiger partial charge is 0.381 e. The van der Waals surface area contributed by atoms with E-state index < -0.39 is 0 Å². The topological polar surface area (TPSA) is 12.5 Å². The van der Waals surface area contributed by atoms with E-state index in [-0.39, 0.29) is 0 Å². The Kier molecular flexibility index (Phi) is 5.14. The van der Waals surface area contributed by atoms with Crippen LogP contribution in [-0.4, -0.2) is 60.8 Å². The SMILES string of the molecule is CN(C[C@H]1CCOC1)C1CSCCSC1. The van der Waals surface area contributed by atoms with Gasteiger partial charge in [0.1, 0.15) is 0 Å². The fourth-order valence-electron chi connectivity index (χ4n) is 2.14. The van der Waals surface area contributed by atoms with Crippen LogP contribution in [0, 0.1) is 5.92 Å². The molecule has 1 atom stereocenters. The third-order valence-corrected chi connectivity index (χ3v) is 5.67. The molecule has 0 N–H and O–H groups in total. The molecule has 2 heterocycles. The van der Waals surface area contributed by atoms with Crippen molar-refractivity contribution in [2.24, 2.45) is 5.92 Å². The highest BCUT2D eigenvalue weighted by Crippen LogP contribution is 2.21. The normalized spacial score (nSPS) is 29.6. The predicted octanol–water partition coefficient (Wildman–Crippen LogP) is 1.80. The minimum atomic E-state index is 0.781. The van der Waals surface area contributed by atoms with Crippen LogP contribution in [0.1, 0.15) is 6.42 Å². The van der Waals surface area contributed by atoms with E-state index in [1.54, 1.807) is 0 Å². The molecule has 2 aliphatic rings. The number of nitrogens with zero attached hydrogens (tertiary/aromatic N) is 1. The summed E-state index contributed by atoms with van der Waals surface area (Å²) in [7, 11) is 2.29. The fourth-order valence-corrected chi connectivity index (χ4v) is 4.86. The van der Waals surface area contributed by atoms with Crippen molar-refractivity contribution in [3.8, 4) is 0 Å². The fraction of sp³-hybridized carbons (Fsp3) is 1.00. The Hall–Kier alpha value is 0.620. The van der Waals surface area contributed by atoms with Gasteiger partial charge in [0, 0.05) is 42.2 Å². The van der Waals surface area contributed by atoms with Gasteiger partial charge in [0.15, 0.2) is 0 Å². The number of rotatable bonds is 3. The average molecular weight is 247 g/mol. The summed E-state index contributed by atoms with van der Waals surface area (Å²) in [5.41, 5.74) is 0. The number of hydrogen-bond acceptors (Lipinski definition) is 4. The molecule has 0 unspecified atom stereocenters. The second-order valence-corrected chi connectivity index (χ2v) is 6.77. The van der Waals surface area contributed by atoms with Gasteiger partial charge in [-0.25, -0.2) is 0 Å². The summed E-state index contributed by atoms with van der Waals surface area (Å²) in [5.74, 6) is 6.09. The molecule has 4 heteroatoms. The molecule has 88 valence electrons. The van der Waals surface area contributed by atoms with Gasteiger partial charge in [0.05, 0.1) is 6.61 Å². The lowest BCUT2D eigenvalue weighted by atomic mass is 10.1. The second kappa shape index (κ2) is 6.38. The maximum atomic E-state index is 5.43.